The van der Waals surface area contributed by atoms with Gasteiger partial charge in [0.25, 0.3) is 0 Å². The molecule has 3 aromatic carbocycles. The molecule has 1 fully saturated rings. The molecule has 0 radical (unpaired) electrons. The lowest BCUT2D eigenvalue weighted by Gasteiger charge is -2.36. The minimum atomic E-state index is -0.00216. The van der Waals surface area contributed by atoms with Gasteiger partial charge in [0.1, 0.15) is 17.1 Å². The summed E-state index contributed by atoms with van der Waals surface area (Å²) in [5.41, 5.74) is 4.11. The first-order valence-corrected chi connectivity index (χ1v) is 13.2. The number of nitrogens with zero attached hydrogens (tertiary/aromatic N) is 2. The van der Waals surface area contributed by atoms with Crippen molar-refractivity contribution in [2.24, 2.45) is 0 Å². The van der Waals surface area contributed by atoms with Crippen LogP contribution in [-0.4, -0.2) is 49.6 Å². The van der Waals surface area contributed by atoms with Crippen LogP contribution in [0.5, 0.6) is 5.75 Å². The fraction of sp³-hybridized carbons (Fsp3) is 0.290. The van der Waals surface area contributed by atoms with Gasteiger partial charge in [0.05, 0.1) is 18.2 Å². The van der Waals surface area contributed by atoms with Gasteiger partial charge in [-0.05, 0) is 44.5 Å². The summed E-state index contributed by atoms with van der Waals surface area (Å²) >= 11 is 5.86. The van der Waals surface area contributed by atoms with Gasteiger partial charge < -0.3 is 14.1 Å². The molecule has 37 heavy (non-hydrogen) atoms. The summed E-state index contributed by atoms with van der Waals surface area (Å²) in [6, 6.07) is 23.7. The van der Waals surface area contributed by atoms with Crippen molar-refractivity contribution in [3.63, 3.8) is 0 Å². The van der Waals surface area contributed by atoms with Gasteiger partial charge in [-0.15, -0.1) is 0 Å². The fourth-order valence-corrected chi connectivity index (χ4v) is 5.40. The van der Waals surface area contributed by atoms with Gasteiger partial charge in [0.15, 0.2) is 5.43 Å². The van der Waals surface area contributed by atoms with Crippen LogP contribution in [0.4, 0.5) is 5.69 Å². The normalized spacial score (nSPS) is 14.2. The minimum absolute atomic E-state index is 0.00216. The van der Waals surface area contributed by atoms with Gasteiger partial charge in [-0.1, -0.05) is 66.8 Å². The lowest BCUT2D eigenvalue weighted by Crippen LogP contribution is -2.46. The van der Waals surface area contributed by atoms with Crippen molar-refractivity contribution in [2.45, 2.75) is 19.8 Å². The number of hydrogen-bond acceptors (Lipinski definition) is 6. The molecule has 190 valence electrons. The molecule has 0 atom stereocenters. The van der Waals surface area contributed by atoms with E-state index in [1.54, 1.807) is 7.11 Å². The van der Waals surface area contributed by atoms with Crippen molar-refractivity contribution in [3.05, 3.63) is 94.1 Å². The molecule has 0 saturated carbocycles. The minimum Gasteiger partial charge on any atom is -0.495 e. The topological polar surface area (TPSA) is 45.9 Å². The van der Waals surface area contributed by atoms with Crippen LogP contribution in [0.1, 0.15) is 24.0 Å². The summed E-state index contributed by atoms with van der Waals surface area (Å²) in [6.07, 6.45) is 1.74. The Morgan fingerprint density at radius 2 is 1.68 bits per heavy atom. The Hall–Kier alpha value is -3.48. The van der Waals surface area contributed by atoms with Crippen molar-refractivity contribution in [1.29, 1.82) is 0 Å². The maximum absolute atomic E-state index is 13.2. The number of anilines is 1. The van der Waals surface area contributed by atoms with Crippen LogP contribution in [0.3, 0.4) is 0 Å². The number of rotatable bonds is 8. The molecule has 0 amide bonds. The molecular weight excluding hydrogens is 480 g/mol. The molecular formula is C31H32N2O3S. The molecule has 0 spiro atoms. The van der Waals surface area contributed by atoms with E-state index in [0.29, 0.717) is 22.3 Å². The van der Waals surface area contributed by atoms with Crippen LogP contribution < -0.4 is 15.1 Å². The summed E-state index contributed by atoms with van der Waals surface area (Å²) in [7, 11) is 1.72. The van der Waals surface area contributed by atoms with E-state index in [2.05, 4.69) is 21.9 Å². The highest BCUT2D eigenvalue weighted by Gasteiger charge is 2.20. The average Bonchev–Trinajstić information content (AvgIpc) is 2.95. The number of para-hydroxylation sites is 3. The standard InChI is InChI=1S/C31H32N2O3S/c1-22-29(34)25-13-8-12-24(31(25)36-30(22)23-10-4-3-5-11-23)28(37)16-9-17-32-18-20-33(21-19-32)26-14-6-7-15-27(26)35-2/h3-8,10-15H,9,16-21H2,1-2H3. The third-order valence-corrected chi connectivity index (χ3v) is 7.58. The number of methoxy groups -OCH3 is 1. The second-order valence-corrected chi connectivity index (χ2v) is 9.95. The van der Waals surface area contributed by atoms with Crippen molar-refractivity contribution in [2.75, 3.05) is 44.7 Å². The van der Waals surface area contributed by atoms with Crippen LogP contribution in [0.25, 0.3) is 22.3 Å². The predicted octanol–water partition coefficient (Wildman–Crippen LogP) is 6.10. The molecule has 5 rings (SSSR count). The Kier molecular flexibility index (Phi) is 7.68. The Morgan fingerprint density at radius 3 is 2.43 bits per heavy atom. The van der Waals surface area contributed by atoms with Crippen molar-refractivity contribution >= 4 is 33.7 Å². The molecule has 2 heterocycles. The quantitative estimate of drug-likeness (QED) is 0.210. The zero-order valence-electron chi connectivity index (χ0n) is 21.4. The van der Waals surface area contributed by atoms with Gasteiger partial charge in [0, 0.05) is 47.7 Å². The Labute approximate surface area is 223 Å². The Balaban J connectivity index is 1.25. The van der Waals surface area contributed by atoms with E-state index in [1.165, 1.54) is 0 Å². The lowest BCUT2D eigenvalue weighted by atomic mass is 10.0. The summed E-state index contributed by atoms with van der Waals surface area (Å²) in [5, 5.41) is 0.587. The van der Waals surface area contributed by atoms with Crippen LogP contribution in [0.2, 0.25) is 0 Å². The lowest BCUT2D eigenvalue weighted by molar-refractivity contribution is 0.256. The highest BCUT2D eigenvalue weighted by molar-refractivity contribution is 7.80. The van der Waals surface area contributed by atoms with Crippen LogP contribution >= 0.6 is 12.2 Å². The molecule has 1 aliphatic heterocycles. The first-order chi connectivity index (χ1) is 18.1. The number of ether oxygens (including phenoxy) is 1. The van der Waals surface area contributed by atoms with E-state index >= 15 is 0 Å². The van der Waals surface area contributed by atoms with Gasteiger partial charge in [-0.3, -0.25) is 9.69 Å². The highest BCUT2D eigenvalue weighted by Crippen LogP contribution is 2.29. The first-order valence-electron chi connectivity index (χ1n) is 12.8. The van der Waals surface area contributed by atoms with Crippen LogP contribution in [0, 0.1) is 6.92 Å². The smallest absolute Gasteiger partial charge is 0.196 e. The molecule has 0 bridgehead atoms. The maximum Gasteiger partial charge on any atom is 0.196 e. The van der Waals surface area contributed by atoms with E-state index in [9.17, 15) is 4.79 Å². The number of fused-ring (bicyclic) bond motifs is 1. The monoisotopic (exact) mass is 512 g/mol. The Bertz CT molecular complexity index is 1460. The van der Waals surface area contributed by atoms with Crippen LogP contribution in [0.15, 0.2) is 82.0 Å². The molecule has 1 aromatic heterocycles. The van der Waals surface area contributed by atoms with Gasteiger partial charge in [-0.25, -0.2) is 0 Å². The Morgan fingerprint density at radius 1 is 0.946 bits per heavy atom. The van der Waals surface area contributed by atoms with E-state index in [0.717, 1.165) is 73.0 Å². The van der Waals surface area contributed by atoms with E-state index in [4.69, 9.17) is 21.4 Å². The third-order valence-electron chi connectivity index (χ3n) is 7.16. The first kappa shape index (κ1) is 25.2. The number of thiocarbonyl (C=S) groups is 1. The number of hydrogen-bond donors (Lipinski definition) is 0. The summed E-state index contributed by atoms with van der Waals surface area (Å²) < 4.78 is 11.9. The fourth-order valence-electron chi connectivity index (χ4n) is 5.10. The van der Waals surface area contributed by atoms with Crippen molar-refractivity contribution in [3.8, 4) is 17.1 Å². The van der Waals surface area contributed by atoms with Crippen molar-refractivity contribution in [1.82, 2.24) is 4.90 Å². The zero-order valence-corrected chi connectivity index (χ0v) is 22.2. The molecule has 0 N–H and O–H groups in total. The van der Waals surface area contributed by atoms with E-state index < -0.39 is 0 Å². The molecule has 1 saturated heterocycles. The molecule has 0 unspecified atom stereocenters. The molecule has 4 aromatic rings. The highest BCUT2D eigenvalue weighted by atomic mass is 32.1. The van der Waals surface area contributed by atoms with Crippen LogP contribution in [-0.2, 0) is 0 Å². The maximum atomic E-state index is 13.2. The zero-order chi connectivity index (χ0) is 25.8. The number of benzene rings is 3. The largest absolute Gasteiger partial charge is 0.495 e. The third kappa shape index (κ3) is 5.31. The number of piperazine rings is 1. The second-order valence-electron chi connectivity index (χ2n) is 9.46. The molecule has 0 aliphatic carbocycles. The average molecular weight is 513 g/mol. The summed E-state index contributed by atoms with van der Waals surface area (Å²) in [4.78, 5) is 18.9. The summed E-state index contributed by atoms with van der Waals surface area (Å²) in [6.45, 7) is 6.78. The predicted molar refractivity (Wildman–Crippen MR) is 155 cm³/mol. The van der Waals surface area contributed by atoms with Gasteiger partial charge in [0.2, 0.25) is 0 Å². The van der Waals surface area contributed by atoms with Gasteiger partial charge in [-0.2, -0.15) is 0 Å². The molecule has 6 heteroatoms. The van der Waals surface area contributed by atoms with E-state index in [1.807, 2.05) is 67.6 Å². The van der Waals surface area contributed by atoms with Crippen molar-refractivity contribution < 1.29 is 9.15 Å². The SMILES string of the molecule is COc1ccccc1N1CCN(CCCC(=S)c2cccc3c(=O)c(C)c(-c4ccccc4)oc23)CC1. The molecule has 5 nitrogen and oxygen atoms in total. The second kappa shape index (κ2) is 11.3. The molecule has 1 aliphatic rings. The van der Waals surface area contributed by atoms with Gasteiger partial charge >= 0.3 is 0 Å². The summed E-state index contributed by atoms with van der Waals surface area (Å²) in [5.74, 6) is 1.54. The van der Waals surface area contributed by atoms with E-state index in [-0.39, 0.29) is 5.43 Å².